The molecular weight excluding hydrogens is 530 g/mol. The summed E-state index contributed by atoms with van der Waals surface area (Å²) in [5.74, 6) is -0.285. The summed E-state index contributed by atoms with van der Waals surface area (Å²) in [5, 5.41) is 1.16. The average Bonchev–Trinajstić information content (AvgIpc) is 3.33. The first kappa shape index (κ1) is 26.6. The fraction of sp³-hybridized carbons (Fsp3) is 0.267. The fourth-order valence-corrected chi connectivity index (χ4v) is 4.56. The van der Waals surface area contributed by atoms with Crippen LogP contribution in [-0.2, 0) is 22.5 Å². The second-order valence-electron chi connectivity index (χ2n) is 9.14. The minimum Gasteiger partial charge on any atom is -0.383 e. The van der Waals surface area contributed by atoms with E-state index in [0.717, 1.165) is 20.9 Å². The molecule has 0 fully saturated rings. The lowest BCUT2D eigenvalue weighted by Gasteiger charge is -2.28. The maximum absolute atomic E-state index is 13.7. The standard InChI is InChI=1S/C30H32BrN3O3/c1-22-7-9-23(10-8-22)20-33(16-15-25-19-32-28-6-4-3-5-27(25)28)29(35)21-34(17-18-37-2)30(36)24-11-13-26(31)14-12-24/h3-14,19,32H,15-18,20-21H2,1-2H3. The van der Waals surface area contributed by atoms with Crippen molar-refractivity contribution in [3.8, 4) is 0 Å². The molecule has 0 bridgehead atoms. The van der Waals surface area contributed by atoms with Gasteiger partial charge in [0.15, 0.2) is 0 Å². The van der Waals surface area contributed by atoms with Crippen molar-refractivity contribution in [1.82, 2.24) is 14.8 Å². The van der Waals surface area contributed by atoms with Crippen molar-refractivity contribution in [2.75, 3.05) is 33.4 Å². The molecule has 1 heterocycles. The number of methoxy groups -OCH3 is 1. The Hall–Kier alpha value is -3.42. The SMILES string of the molecule is COCCN(CC(=O)N(CCc1c[nH]c2ccccc12)Cc1ccc(C)cc1)C(=O)c1ccc(Br)cc1. The Morgan fingerprint density at radius 2 is 1.65 bits per heavy atom. The molecule has 0 aliphatic rings. The number of amides is 2. The molecule has 6 nitrogen and oxygen atoms in total. The number of aromatic amines is 1. The lowest BCUT2D eigenvalue weighted by atomic mass is 10.1. The highest BCUT2D eigenvalue weighted by Gasteiger charge is 2.23. The van der Waals surface area contributed by atoms with Gasteiger partial charge in [-0.05, 0) is 54.8 Å². The third-order valence-corrected chi connectivity index (χ3v) is 6.97. The minimum atomic E-state index is -0.190. The summed E-state index contributed by atoms with van der Waals surface area (Å²) in [5.41, 5.74) is 5.02. The van der Waals surface area contributed by atoms with Crippen LogP contribution in [0.25, 0.3) is 10.9 Å². The van der Waals surface area contributed by atoms with E-state index in [-0.39, 0.29) is 18.4 Å². The van der Waals surface area contributed by atoms with E-state index in [2.05, 4.69) is 57.3 Å². The summed E-state index contributed by atoms with van der Waals surface area (Å²) in [6.45, 7) is 3.73. The number of fused-ring (bicyclic) bond motifs is 1. The van der Waals surface area contributed by atoms with Gasteiger partial charge in [-0.2, -0.15) is 0 Å². The lowest BCUT2D eigenvalue weighted by molar-refractivity contribution is -0.132. The Morgan fingerprint density at radius 3 is 2.38 bits per heavy atom. The van der Waals surface area contributed by atoms with Gasteiger partial charge in [0.25, 0.3) is 5.91 Å². The fourth-order valence-electron chi connectivity index (χ4n) is 4.29. The number of carbonyl (C=O) groups is 2. The van der Waals surface area contributed by atoms with Crippen molar-refractivity contribution in [3.63, 3.8) is 0 Å². The van der Waals surface area contributed by atoms with Crippen molar-refractivity contribution in [2.24, 2.45) is 0 Å². The molecule has 1 N–H and O–H groups in total. The molecule has 2 amide bonds. The van der Waals surface area contributed by atoms with Crippen LogP contribution in [0.15, 0.2) is 83.5 Å². The summed E-state index contributed by atoms with van der Waals surface area (Å²) >= 11 is 3.41. The number of hydrogen-bond donors (Lipinski definition) is 1. The molecule has 0 atom stereocenters. The van der Waals surface area contributed by atoms with Crippen LogP contribution in [0.3, 0.4) is 0 Å². The van der Waals surface area contributed by atoms with E-state index < -0.39 is 0 Å². The number of para-hydroxylation sites is 1. The van der Waals surface area contributed by atoms with Crippen molar-refractivity contribution < 1.29 is 14.3 Å². The largest absolute Gasteiger partial charge is 0.383 e. The average molecular weight is 563 g/mol. The Morgan fingerprint density at radius 1 is 0.919 bits per heavy atom. The van der Waals surface area contributed by atoms with Gasteiger partial charge in [-0.3, -0.25) is 9.59 Å². The molecule has 0 aliphatic heterocycles. The third-order valence-electron chi connectivity index (χ3n) is 6.44. The summed E-state index contributed by atoms with van der Waals surface area (Å²) in [6, 6.07) is 23.6. The summed E-state index contributed by atoms with van der Waals surface area (Å²) in [4.78, 5) is 33.7. The molecule has 1 aromatic heterocycles. The number of nitrogens with zero attached hydrogens (tertiary/aromatic N) is 2. The molecule has 4 rings (SSSR count). The van der Waals surface area contributed by atoms with E-state index >= 15 is 0 Å². The van der Waals surface area contributed by atoms with Crippen LogP contribution in [-0.4, -0.2) is 59.9 Å². The number of H-pyrrole nitrogens is 1. The molecule has 0 aliphatic carbocycles. The lowest BCUT2D eigenvalue weighted by Crippen LogP contribution is -2.44. The molecular formula is C30H32BrN3O3. The van der Waals surface area contributed by atoms with Gasteiger partial charge in [-0.1, -0.05) is 64.0 Å². The van der Waals surface area contributed by atoms with Gasteiger partial charge in [-0.25, -0.2) is 0 Å². The van der Waals surface area contributed by atoms with Gasteiger partial charge in [0.2, 0.25) is 5.91 Å². The normalized spacial score (nSPS) is 11.0. The van der Waals surface area contributed by atoms with Gasteiger partial charge in [-0.15, -0.1) is 0 Å². The number of aryl methyl sites for hydroxylation is 1. The number of aromatic nitrogens is 1. The number of halogens is 1. The Labute approximate surface area is 226 Å². The maximum atomic E-state index is 13.7. The van der Waals surface area contributed by atoms with E-state index in [1.54, 1.807) is 24.1 Å². The Bertz CT molecular complexity index is 1330. The number of rotatable bonds is 11. The molecule has 37 heavy (non-hydrogen) atoms. The van der Waals surface area contributed by atoms with E-state index in [1.807, 2.05) is 42.3 Å². The Kier molecular flexibility index (Phi) is 9.14. The summed E-state index contributed by atoms with van der Waals surface area (Å²) < 4.78 is 6.13. The highest BCUT2D eigenvalue weighted by Crippen LogP contribution is 2.19. The zero-order chi connectivity index (χ0) is 26.2. The monoisotopic (exact) mass is 561 g/mol. The van der Waals surface area contributed by atoms with Gasteiger partial charge in [0.05, 0.1) is 6.61 Å². The smallest absolute Gasteiger partial charge is 0.254 e. The zero-order valence-electron chi connectivity index (χ0n) is 21.2. The van der Waals surface area contributed by atoms with E-state index in [0.29, 0.717) is 38.2 Å². The van der Waals surface area contributed by atoms with Crippen LogP contribution in [0, 0.1) is 6.92 Å². The quantitative estimate of drug-likeness (QED) is 0.259. The first-order chi connectivity index (χ1) is 17.9. The van der Waals surface area contributed by atoms with Crippen molar-refractivity contribution >= 4 is 38.6 Å². The molecule has 7 heteroatoms. The Balaban J connectivity index is 1.53. The van der Waals surface area contributed by atoms with Gasteiger partial charge < -0.3 is 19.5 Å². The topological polar surface area (TPSA) is 65.6 Å². The van der Waals surface area contributed by atoms with Gasteiger partial charge in [0.1, 0.15) is 6.54 Å². The molecule has 0 saturated heterocycles. The zero-order valence-corrected chi connectivity index (χ0v) is 22.8. The van der Waals surface area contributed by atoms with Crippen LogP contribution in [0.2, 0.25) is 0 Å². The third kappa shape index (κ3) is 7.08. The number of benzene rings is 3. The molecule has 0 spiro atoms. The summed E-state index contributed by atoms with van der Waals surface area (Å²) in [7, 11) is 1.59. The maximum Gasteiger partial charge on any atom is 0.254 e. The van der Waals surface area contributed by atoms with Crippen molar-refractivity contribution in [2.45, 2.75) is 19.9 Å². The first-order valence-electron chi connectivity index (χ1n) is 12.4. The molecule has 4 aromatic rings. The molecule has 0 radical (unpaired) electrons. The molecule has 0 unspecified atom stereocenters. The number of nitrogens with one attached hydrogen (secondary N) is 1. The predicted octanol–water partition coefficient (Wildman–Crippen LogP) is 5.60. The van der Waals surface area contributed by atoms with Crippen LogP contribution < -0.4 is 0 Å². The van der Waals surface area contributed by atoms with E-state index in [4.69, 9.17) is 4.74 Å². The number of ether oxygens (including phenoxy) is 1. The highest BCUT2D eigenvalue weighted by atomic mass is 79.9. The van der Waals surface area contributed by atoms with Crippen molar-refractivity contribution in [3.05, 3.63) is 106 Å². The number of hydrogen-bond acceptors (Lipinski definition) is 3. The van der Waals surface area contributed by atoms with Crippen LogP contribution in [0.5, 0.6) is 0 Å². The van der Waals surface area contributed by atoms with E-state index in [1.165, 1.54) is 11.1 Å². The molecule has 192 valence electrons. The first-order valence-corrected chi connectivity index (χ1v) is 13.2. The summed E-state index contributed by atoms with van der Waals surface area (Å²) in [6.07, 6.45) is 2.72. The van der Waals surface area contributed by atoms with Gasteiger partial charge in [0, 0.05) is 53.9 Å². The van der Waals surface area contributed by atoms with Crippen LogP contribution in [0.4, 0.5) is 0 Å². The van der Waals surface area contributed by atoms with Crippen molar-refractivity contribution in [1.29, 1.82) is 0 Å². The van der Waals surface area contributed by atoms with Crippen LogP contribution >= 0.6 is 15.9 Å². The minimum absolute atomic E-state index is 0.0159. The molecule has 0 saturated carbocycles. The highest BCUT2D eigenvalue weighted by molar-refractivity contribution is 9.10. The van der Waals surface area contributed by atoms with E-state index in [9.17, 15) is 9.59 Å². The predicted molar refractivity (Wildman–Crippen MR) is 151 cm³/mol. The van der Waals surface area contributed by atoms with Crippen LogP contribution in [0.1, 0.15) is 27.0 Å². The second kappa shape index (κ2) is 12.7. The molecule has 3 aromatic carbocycles. The van der Waals surface area contributed by atoms with Gasteiger partial charge >= 0.3 is 0 Å². The number of carbonyl (C=O) groups excluding carboxylic acids is 2. The second-order valence-corrected chi connectivity index (χ2v) is 10.1.